The lowest BCUT2D eigenvalue weighted by Crippen LogP contribution is -2.29. The number of hydrogen-bond donors (Lipinski definition) is 1. The molecule has 1 aromatic carbocycles. The number of hydrogen-bond acceptors (Lipinski definition) is 3. The Hall–Kier alpha value is -1.81. The normalized spacial score (nSPS) is 10.5. The second-order valence-electron chi connectivity index (χ2n) is 4.55. The lowest BCUT2D eigenvalue weighted by atomic mass is 10.3. The number of carbonyl (C=O) groups is 1. The van der Waals surface area contributed by atoms with Gasteiger partial charge in [-0.25, -0.2) is 0 Å². The van der Waals surface area contributed by atoms with Crippen molar-refractivity contribution in [3.8, 4) is 5.75 Å². The molecule has 19 heavy (non-hydrogen) atoms. The van der Waals surface area contributed by atoms with Gasteiger partial charge in [-0.05, 0) is 37.4 Å². The molecule has 3 nitrogen and oxygen atoms in total. The first-order valence-corrected chi connectivity index (χ1v) is 7.09. The van der Waals surface area contributed by atoms with Gasteiger partial charge < -0.3 is 10.1 Å². The van der Waals surface area contributed by atoms with E-state index in [1.165, 1.54) is 11.3 Å². The maximum absolute atomic E-state index is 11.8. The third-order valence-corrected chi connectivity index (χ3v) is 3.42. The van der Waals surface area contributed by atoms with E-state index in [0.717, 1.165) is 16.2 Å². The van der Waals surface area contributed by atoms with E-state index in [1.807, 2.05) is 55.6 Å². The molecule has 0 saturated heterocycles. The number of para-hydroxylation sites is 1. The van der Waals surface area contributed by atoms with Gasteiger partial charge in [-0.2, -0.15) is 0 Å². The van der Waals surface area contributed by atoms with Gasteiger partial charge in [-0.15, -0.1) is 11.3 Å². The maximum Gasteiger partial charge on any atom is 0.261 e. The fourth-order valence-corrected chi connectivity index (χ4v) is 2.39. The van der Waals surface area contributed by atoms with Crippen LogP contribution >= 0.6 is 11.3 Å². The highest BCUT2D eigenvalue weighted by Crippen LogP contribution is 2.17. The van der Waals surface area contributed by atoms with E-state index >= 15 is 0 Å². The largest absolute Gasteiger partial charge is 0.489 e. The summed E-state index contributed by atoms with van der Waals surface area (Å²) in [5.41, 5.74) is 1.02. The summed E-state index contributed by atoms with van der Waals surface area (Å²) >= 11 is 1.44. The van der Waals surface area contributed by atoms with Crippen molar-refractivity contribution in [2.75, 3.05) is 0 Å². The van der Waals surface area contributed by atoms with E-state index in [1.54, 1.807) is 0 Å². The molecule has 0 unspecified atom stereocenters. The van der Waals surface area contributed by atoms with Crippen LogP contribution in [0, 0.1) is 0 Å². The molecule has 1 aromatic heterocycles. The fraction of sp³-hybridized carbons (Fsp3) is 0.267. The lowest BCUT2D eigenvalue weighted by molar-refractivity contribution is 0.0947. The van der Waals surface area contributed by atoms with Crippen molar-refractivity contribution < 1.29 is 9.53 Å². The average Bonchev–Trinajstić information content (AvgIpc) is 2.86. The molecule has 2 aromatic rings. The Morgan fingerprint density at radius 2 is 2.05 bits per heavy atom. The zero-order valence-electron chi connectivity index (χ0n) is 11.1. The molecule has 0 aliphatic carbocycles. The van der Waals surface area contributed by atoms with Crippen LogP contribution < -0.4 is 10.1 Å². The van der Waals surface area contributed by atoms with Crippen LogP contribution in [0.25, 0.3) is 0 Å². The van der Waals surface area contributed by atoms with E-state index in [-0.39, 0.29) is 11.9 Å². The molecule has 0 spiro atoms. The third-order valence-electron chi connectivity index (χ3n) is 2.45. The Labute approximate surface area is 117 Å². The van der Waals surface area contributed by atoms with Gasteiger partial charge in [0.1, 0.15) is 12.4 Å². The summed E-state index contributed by atoms with van der Waals surface area (Å²) in [5, 5.41) is 4.83. The third kappa shape index (κ3) is 4.10. The summed E-state index contributed by atoms with van der Waals surface area (Å²) in [7, 11) is 0. The monoisotopic (exact) mass is 275 g/mol. The standard InChI is InChI=1S/C15H17NO2S/c1-11(2)16-15(17)14-8-12(10-19-14)9-18-13-6-4-3-5-7-13/h3-8,10-11H,9H2,1-2H3,(H,16,17). The maximum atomic E-state index is 11.8. The van der Waals surface area contributed by atoms with Crippen LogP contribution in [0.15, 0.2) is 41.8 Å². The Bertz CT molecular complexity index is 534. The first kappa shape index (κ1) is 13.6. The first-order valence-electron chi connectivity index (χ1n) is 6.21. The first-order chi connectivity index (χ1) is 9.15. The molecule has 0 aliphatic heterocycles. The van der Waals surface area contributed by atoms with Gasteiger partial charge in [-0.1, -0.05) is 18.2 Å². The lowest BCUT2D eigenvalue weighted by Gasteiger charge is -2.06. The zero-order valence-corrected chi connectivity index (χ0v) is 11.9. The summed E-state index contributed by atoms with van der Waals surface area (Å²) < 4.78 is 5.64. The number of amides is 1. The predicted octanol–water partition coefficient (Wildman–Crippen LogP) is 3.47. The minimum atomic E-state index is -0.0223. The summed E-state index contributed by atoms with van der Waals surface area (Å²) in [5.74, 6) is 0.813. The number of thiophene rings is 1. The minimum absolute atomic E-state index is 0.0223. The topological polar surface area (TPSA) is 38.3 Å². The van der Waals surface area contributed by atoms with Crippen LogP contribution in [0.2, 0.25) is 0 Å². The van der Waals surface area contributed by atoms with Crippen LogP contribution in [-0.4, -0.2) is 11.9 Å². The summed E-state index contributed by atoms with van der Waals surface area (Å²) in [4.78, 5) is 12.5. The molecule has 0 saturated carbocycles. The van der Waals surface area contributed by atoms with E-state index in [4.69, 9.17) is 4.74 Å². The van der Waals surface area contributed by atoms with Crippen LogP contribution in [0.4, 0.5) is 0 Å². The van der Waals surface area contributed by atoms with Crippen molar-refractivity contribution in [2.45, 2.75) is 26.5 Å². The molecule has 2 rings (SSSR count). The van der Waals surface area contributed by atoms with Gasteiger partial charge in [-0.3, -0.25) is 4.79 Å². The molecule has 0 fully saturated rings. The molecular weight excluding hydrogens is 258 g/mol. The molecule has 4 heteroatoms. The highest BCUT2D eigenvalue weighted by Gasteiger charge is 2.10. The number of ether oxygens (including phenoxy) is 1. The molecule has 0 aliphatic rings. The molecule has 1 amide bonds. The molecule has 100 valence electrons. The van der Waals surface area contributed by atoms with Crippen molar-refractivity contribution >= 4 is 17.2 Å². The molecular formula is C15H17NO2S. The molecule has 1 heterocycles. The summed E-state index contributed by atoms with van der Waals surface area (Å²) in [6.07, 6.45) is 0. The van der Waals surface area contributed by atoms with E-state index in [2.05, 4.69) is 5.32 Å². The van der Waals surface area contributed by atoms with Crippen LogP contribution in [0.1, 0.15) is 29.1 Å². The predicted molar refractivity (Wildman–Crippen MR) is 77.7 cm³/mol. The zero-order chi connectivity index (χ0) is 13.7. The van der Waals surface area contributed by atoms with Gasteiger partial charge in [0.15, 0.2) is 0 Å². The SMILES string of the molecule is CC(C)NC(=O)c1cc(COc2ccccc2)cs1. The Morgan fingerprint density at radius 3 is 2.74 bits per heavy atom. The molecule has 0 radical (unpaired) electrons. The van der Waals surface area contributed by atoms with Gasteiger partial charge >= 0.3 is 0 Å². The van der Waals surface area contributed by atoms with Crippen molar-refractivity contribution in [3.63, 3.8) is 0 Å². The van der Waals surface area contributed by atoms with E-state index < -0.39 is 0 Å². The van der Waals surface area contributed by atoms with Crippen molar-refractivity contribution in [3.05, 3.63) is 52.2 Å². The van der Waals surface area contributed by atoms with Crippen molar-refractivity contribution in [1.82, 2.24) is 5.32 Å². The Morgan fingerprint density at radius 1 is 1.32 bits per heavy atom. The van der Waals surface area contributed by atoms with Gasteiger partial charge in [0.25, 0.3) is 5.91 Å². The van der Waals surface area contributed by atoms with Crippen molar-refractivity contribution in [1.29, 1.82) is 0 Å². The number of carbonyl (C=O) groups excluding carboxylic acids is 1. The van der Waals surface area contributed by atoms with Crippen LogP contribution in [0.3, 0.4) is 0 Å². The number of rotatable bonds is 5. The second-order valence-corrected chi connectivity index (χ2v) is 5.46. The van der Waals surface area contributed by atoms with E-state index in [0.29, 0.717) is 6.61 Å². The van der Waals surface area contributed by atoms with Crippen molar-refractivity contribution in [2.24, 2.45) is 0 Å². The summed E-state index contributed by atoms with van der Waals surface area (Å²) in [6.45, 7) is 4.38. The highest BCUT2D eigenvalue weighted by molar-refractivity contribution is 7.12. The number of nitrogens with one attached hydrogen (secondary N) is 1. The van der Waals surface area contributed by atoms with E-state index in [9.17, 15) is 4.79 Å². The average molecular weight is 275 g/mol. The minimum Gasteiger partial charge on any atom is -0.489 e. The highest BCUT2D eigenvalue weighted by atomic mass is 32.1. The summed E-state index contributed by atoms with van der Waals surface area (Å²) in [6, 6.07) is 11.7. The second kappa shape index (κ2) is 6.38. The fourth-order valence-electron chi connectivity index (χ4n) is 1.59. The van der Waals surface area contributed by atoms with Gasteiger partial charge in [0, 0.05) is 11.6 Å². The molecule has 1 N–H and O–H groups in total. The molecule has 0 atom stereocenters. The Balaban J connectivity index is 1.92. The Kier molecular flexibility index (Phi) is 4.58. The van der Waals surface area contributed by atoms with Crippen LogP contribution in [-0.2, 0) is 6.61 Å². The smallest absolute Gasteiger partial charge is 0.261 e. The number of benzene rings is 1. The van der Waals surface area contributed by atoms with Crippen LogP contribution in [0.5, 0.6) is 5.75 Å². The quantitative estimate of drug-likeness (QED) is 0.907. The van der Waals surface area contributed by atoms with Gasteiger partial charge in [0.2, 0.25) is 0 Å². The van der Waals surface area contributed by atoms with Gasteiger partial charge in [0.05, 0.1) is 4.88 Å². The molecule has 0 bridgehead atoms.